The van der Waals surface area contributed by atoms with Crippen LogP contribution in [0.5, 0.6) is 5.75 Å². The highest BCUT2D eigenvalue weighted by Crippen LogP contribution is 2.23. The van der Waals surface area contributed by atoms with Crippen molar-refractivity contribution in [2.24, 2.45) is 0 Å². The molecule has 2 N–H and O–H groups in total. The van der Waals surface area contributed by atoms with Crippen molar-refractivity contribution in [3.05, 3.63) is 29.8 Å². The fourth-order valence-corrected chi connectivity index (χ4v) is 2.90. The minimum Gasteiger partial charge on any atom is -0.508 e. The summed E-state index contributed by atoms with van der Waals surface area (Å²) < 4.78 is 0. The van der Waals surface area contributed by atoms with E-state index in [2.05, 4.69) is 0 Å². The maximum atomic E-state index is 12.3. The Kier molecular flexibility index (Phi) is 5.41. The van der Waals surface area contributed by atoms with Crippen LogP contribution in [0.25, 0.3) is 0 Å². The Morgan fingerprint density at radius 1 is 1.35 bits per heavy atom. The Labute approximate surface area is 120 Å². The number of aromatic hydroxyl groups is 1. The molecule has 4 heteroatoms. The van der Waals surface area contributed by atoms with Crippen molar-refractivity contribution in [3.63, 3.8) is 0 Å². The summed E-state index contributed by atoms with van der Waals surface area (Å²) in [4.78, 5) is 14.2. The average molecular weight is 277 g/mol. The zero-order chi connectivity index (χ0) is 14.4. The zero-order valence-corrected chi connectivity index (χ0v) is 11.8. The Morgan fingerprint density at radius 3 is 2.90 bits per heavy atom. The lowest BCUT2D eigenvalue weighted by atomic mass is 10.1. The van der Waals surface area contributed by atoms with Gasteiger partial charge in [0.25, 0.3) is 0 Å². The van der Waals surface area contributed by atoms with E-state index >= 15 is 0 Å². The van der Waals surface area contributed by atoms with Crippen molar-refractivity contribution in [1.82, 2.24) is 4.90 Å². The number of likely N-dealkylation sites (tertiary alicyclic amines) is 1. The molecule has 1 aromatic carbocycles. The molecule has 1 aliphatic heterocycles. The predicted octanol–water partition coefficient (Wildman–Crippen LogP) is 2.09. The van der Waals surface area contributed by atoms with Gasteiger partial charge in [0.1, 0.15) is 5.75 Å². The minimum atomic E-state index is 0.161. The molecular weight excluding hydrogens is 254 g/mol. The Morgan fingerprint density at radius 2 is 2.15 bits per heavy atom. The highest BCUT2D eigenvalue weighted by atomic mass is 16.3. The number of hydrogen-bond acceptors (Lipinski definition) is 3. The number of aliphatic hydroxyl groups excluding tert-OH is 1. The summed E-state index contributed by atoms with van der Waals surface area (Å²) in [6.07, 6.45) is 4.76. The van der Waals surface area contributed by atoms with E-state index in [1.54, 1.807) is 12.1 Å². The smallest absolute Gasteiger partial charge is 0.223 e. The van der Waals surface area contributed by atoms with Crippen LogP contribution in [0.4, 0.5) is 0 Å². The SMILES string of the molecule is O=C(CCc1ccccc1O)N1CCCC1CCCO. The number of amides is 1. The molecule has 1 aromatic rings. The lowest BCUT2D eigenvalue weighted by Gasteiger charge is -2.24. The van der Waals surface area contributed by atoms with Gasteiger partial charge >= 0.3 is 0 Å². The van der Waals surface area contributed by atoms with E-state index in [-0.39, 0.29) is 18.3 Å². The lowest BCUT2D eigenvalue weighted by molar-refractivity contribution is -0.132. The van der Waals surface area contributed by atoms with E-state index in [0.717, 1.165) is 37.8 Å². The Hall–Kier alpha value is -1.55. The molecule has 0 aromatic heterocycles. The third-order valence-corrected chi connectivity index (χ3v) is 3.99. The zero-order valence-electron chi connectivity index (χ0n) is 11.8. The monoisotopic (exact) mass is 277 g/mol. The molecular formula is C16H23NO3. The van der Waals surface area contributed by atoms with Crippen molar-refractivity contribution >= 4 is 5.91 Å². The second-order valence-corrected chi connectivity index (χ2v) is 5.38. The highest BCUT2D eigenvalue weighted by molar-refractivity contribution is 5.77. The van der Waals surface area contributed by atoms with Crippen molar-refractivity contribution in [2.45, 2.75) is 44.6 Å². The number of aryl methyl sites for hydroxylation is 1. The van der Waals surface area contributed by atoms with E-state index in [0.29, 0.717) is 18.9 Å². The van der Waals surface area contributed by atoms with Crippen LogP contribution in [0.3, 0.4) is 0 Å². The number of phenols is 1. The van der Waals surface area contributed by atoms with Gasteiger partial charge in [-0.1, -0.05) is 18.2 Å². The maximum absolute atomic E-state index is 12.3. The number of carbonyl (C=O) groups is 1. The second kappa shape index (κ2) is 7.29. The molecule has 1 unspecified atom stereocenters. The maximum Gasteiger partial charge on any atom is 0.223 e. The largest absolute Gasteiger partial charge is 0.508 e. The van der Waals surface area contributed by atoms with E-state index in [9.17, 15) is 9.90 Å². The van der Waals surface area contributed by atoms with Crippen molar-refractivity contribution in [2.75, 3.05) is 13.2 Å². The van der Waals surface area contributed by atoms with E-state index in [1.807, 2.05) is 17.0 Å². The molecule has 1 atom stereocenters. The first kappa shape index (κ1) is 14.9. The Bertz CT molecular complexity index is 447. The lowest BCUT2D eigenvalue weighted by Crippen LogP contribution is -2.35. The minimum absolute atomic E-state index is 0.161. The molecule has 110 valence electrons. The first-order chi connectivity index (χ1) is 9.72. The van der Waals surface area contributed by atoms with Gasteiger partial charge in [-0.2, -0.15) is 0 Å². The fraction of sp³-hybridized carbons (Fsp3) is 0.562. The predicted molar refractivity (Wildman–Crippen MR) is 77.5 cm³/mol. The average Bonchev–Trinajstić information content (AvgIpc) is 2.92. The number of rotatable bonds is 6. The molecule has 0 bridgehead atoms. The highest BCUT2D eigenvalue weighted by Gasteiger charge is 2.27. The third kappa shape index (κ3) is 3.73. The van der Waals surface area contributed by atoms with Crippen LogP contribution in [0.1, 0.15) is 37.7 Å². The molecule has 0 spiro atoms. The van der Waals surface area contributed by atoms with Gasteiger partial charge < -0.3 is 15.1 Å². The van der Waals surface area contributed by atoms with Gasteiger partial charge in [-0.25, -0.2) is 0 Å². The number of para-hydroxylation sites is 1. The normalized spacial score (nSPS) is 18.4. The van der Waals surface area contributed by atoms with Gasteiger partial charge in [0.2, 0.25) is 5.91 Å². The quantitative estimate of drug-likeness (QED) is 0.837. The number of carbonyl (C=O) groups excluding carboxylic acids is 1. The van der Waals surface area contributed by atoms with Crippen LogP contribution in [0.2, 0.25) is 0 Å². The summed E-state index contributed by atoms with van der Waals surface area (Å²) >= 11 is 0. The van der Waals surface area contributed by atoms with Crippen LogP contribution < -0.4 is 0 Å². The molecule has 1 heterocycles. The van der Waals surface area contributed by atoms with Gasteiger partial charge in [-0.3, -0.25) is 4.79 Å². The molecule has 0 aliphatic carbocycles. The van der Waals surface area contributed by atoms with Crippen molar-refractivity contribution in [1.29, 1.82) is 0 Å². The standard InChI is InChI=1S/C16H23NO3/c18-12-4-7-14-6-3-11-17(14)16(20)10-9-13-5-1-2-8-15(13)19/h1-2,5,8,14,18-19H,3-4,6-7,9-12H2. The van der Waals surface area contributed by atoms with Gasteiger partial charge in [0, 0.05) is 25.6 Å². The molecule has 1 fully saturated rings. The molecule has 2 rings (SSSR count). The third-order valence-electron chi connectivity index (χ3n) is 3.99. The summed E-state index contributed by atoms with van der Waals surface area (Å²) in [6, 6.07) is 7.46. The number of aliphatic hydroxyl groups is 1. The summed E-state index contributed by atoms with van der Waals surface area (Å²) in [6.45, 7) is 1.02. The Balaban J connectivity index is 1.86. The molecule has 0 radical (unpaired) electrons. The molecule has 4 nitrogen and oxygen atoms in total. The molecule has 1 aliphatic rings. The van der Waals surface area contributed by atoms with E-state index in [1.165, 1.54) is 0 Å². The first-order valence-electron chi connectivity index (χ1n) is 7.39. The molecule has 1 saturated heterocycles. The molecule has 1 amide bonds. The summed E-state index contributed by atoms with van der Waals surface area (Å²) in [5.74, 6) is 0.423. The molecule has 0 saturated carbocycles. The second-order valence-electron chi connectivity index (χ2n) is 5.38. The van der Waals surface area contributed by atoms with E-state index in [4.69, 9.17) is 5.11 Å². The van der Waals surface area contributed by atoms with Crippen molar-refractivity contribution in [3.8, 4) is 5.75 Å². The van der Waals surface area contributed by atoms with Crippen LogP contribution in [-0.2, 0) is 11.2 Å². The van der Waals surface area contributed by atoms with Gasteiger partial charge in [0.05, 0.1) is 0 Å². The number of phenolic OH excluding ortho intramolecular Hbond substituents is 1. The summed E-state index contributed by atoms with van der Waals surface area (Å²) in [5.41, 5.74) is 0.826. The van der Waals surface area contributed by atoms with Gasteiger partial charge in [-0.05, 0) is 43.7 Å². The van der Waals surface area contributed by atoms with Crippen LogP contribution in [-0.4, -0.2) is 40.2 Å². The fourth-order valence-electron chi connectivity index (χ4n) is 2.90. The number of hydrogen-bond donors (Lipinski definition) is 2. The van der Waals surface area contributed by atoms with Crippen LogP contribution >= 0.6 is 0 Å². The molecule has 20 heavy (non-hydrogen) atoms. The first-order valence-corrected chi connectivity index (χ1v) is 7.39. The van der Waals surface area contributed by atoms with Crippen molar-refractivity contribution < 1.29 is 15.0 Å². The van der Waals surface area contributed by atoms with Crippen LogP contribution in [0.15, 0.2) is 24.3 Å². The van der Waals surface area contributed by atoms with Gasteiger partial charge in [-0.15, -0.1) is 0 Å². The van der Waals surface area contributed by atoms with Gasteiger partial charge in [0.15, 0.2) is 0 Å². The summed E-state index contributed by atoms with van der Waals surface area (Å²) in [5, 5.41) is 18.6. The number of benzene rings is 1. The number of nitrogens with zero attached hydrogens (tertiary/aromatic N) is 1. The van der Waals surface area contributed by atoms with E-state index < -0.39 is 0 Å². The topological polar surface area (TPSA) is 60.8 Å². The summed E-state index contributed by atoms with van der Waals surface area (Å²) in [7, 11) is 0. The van der Waals surface area contributed by atoms with Crippen LogP contribution in [0, 0.1) is 0 Å².